The minimum Gasteiger partial charge on any atom is -0.495 e. The van der Waals surface area contributed by atoms with Gasteiger partial charge < -0.3 is 30.0 Å². The number of ether oxygens (including phenoxy) is 3. The lowest BCUT2D eigenvalue weighted by Gasteiger charge is -2.15. The van der Waals surface area contributed by atoms with Crippen LogP contribution in [0, 0.1) is 0 Å². The summed E-state index contributed by atoms with van der Waals surface area (Å²) >= 11 is 0. The number of methoxy groups -OCH3 is 3. The number of nitrogens with zero attached hydrogens (tertiary/aromatic N) is 2. The van der Waals surface area contributed by atoms with Gasteiger partial charge in [0, 0.05) is 17.3 Å². The van der Waals surface area contributed by atoms with Crippen molar-refractivity contribution < 1.29 is 28.9 Å². The first-order valence-corrected chi connectivity index (χ1v) is 12.2. The van der Waals surface area contributed by atoms with E-state index in [1.807, 2.05) is 37.3 Å². The van der Waals surface area contributed by atoms with Crippen LogP contribution < -0.4 is 24.8 Å². The summed E-state index contributed by atoms with van der Waals surface area (Å²) in [7, 11) is 4.58. The third-order valence-electron chi connectivity index (χ3n) is 6.32. The van der Waals surface area contributed by atoms with E-state index < -0.39 is 5.97 Å². The Kier molecular flexibility index (Phi) is 8.45. The minimum atomic E-state index is -1.01. The van der Waals surface area contributed by atoms with Gasteiger partial charge in [-0.05, 0) is 60.0 Å². The third-order valence-corrected chi connectivity index (χ3v) is 6.32. The van der Waals surface area contributed by atoms with Crippen LogP contribution in [0.25, 0.3) is 17.2 Å². The number of nitrogens with one attached hydrogen (secondary N) is 2. The first-order valence-electron chi connectivity index (χ1n) is 12.2. The highest BCUT2D eigenvalue weighted by atomic mass is 16.5. The lowest BCUT2D eigenvalue weighted by Crippen LogP contribution is -2.23. The molecule has 0 saturated carbocycles. The van der Waals surface area contributed by atoms with Gasteiger partial charge in [0.25, 0.3) is 0 Å². The van der Waals surface area contributed by atoms with E-state index in [9.17, 15) is 9.59 Å². The van der Waals surface area contributed by atoms with Gasteiger partial charge in [0.15, 0.2) is 0 Å². The minimum absolute atomic E-state index is 0.137. The summed E-state index contributed by atoms with van der Waals surface area (Å²) in [5, 5.41) is 14.9. The summed E-state index contributed by atoms with van der Waals surface area (Å²) < 4.78 is 16.4. The van der Waals surface area contributed by atoms with Gasteiger partial charge in [0.1, 0.15) is 29.5 Å². The number of carbonyl (C=O) groups excluding carboxylic acids is 1. The van der Waals surface area contributed by atoms with Crippen molar-refractivity contribution in [1.29, 1.82) is 0 Å². The molecule has 2 heterocycles. The zero-order valence-corrected chi connectivity index (χ0v) is 22.2. The second kappa shape index (κ2) is 12.1. The second-order valence-corrected chi connectivity index (χ2v) is 8.76. The molecule has 0 bridgehead atoms. The maximum absolute atomic E-state index is 12.9. The number of fused-ring (bicyclic) bond motifs is 1. The van der Waals surface area contributed by atoms with E-state index in [-0.39, 0.29) is 18.9 Å². The van der Waals surface area contributed by atoms with Crippen molar-refractivity contribution in [1.82, 2.24) is 15.3 Å². The molecule has 10 heteroatoms. The number of carboxylic acids is 1. The lowest BCUT2D eigenvalue weighted by atomic mass is 10.0. The van der Waals surface area contributed by atoms with Crippen molar-refractivity contribution in [3.8, 4) is 17.2 Å². The quantitative estimate of drug-likeness (QED) is 0.336. The van der Waals surface area contributed by atoms with E-state index in [1.165, 1.54) is 14.2 Å². The summed E-state index contributed by atoms with van der Waals surface area (Å²) in [6.07, 6.45) is 5.43. The normalized spacial score (nSPS) is 13.2. The fourth-order valence-corrected chi connectivity index (χ4v) is 4.38. The predicted molar refractivity (Wildman–Crippen MR) is 148 cm³/mol. The molecular formula is C29H30N4O6. The smallest absolute Gasteiger partial charge is 0.322 e. The van der Waals surface area contributed by atoms with Crippen molar-refractivity contribution in [3.05, 3.63) is 76.9 Å². The Morgan fingerprint density at radius 2 is 1.77 bits per heavy atom. The average Bonchev–Trinajstić information content (AvgIpc) is 3.20. The Balaban J connectivity index is 1.70. The molecule has 4 rings (SSSR count). The van der Waals surface area contributed by atoms with Gasteiger partial charge in [-0.3, -0.25) is 19.6 Å². The molecular weight excluding hydrogens is 500 g/mol. The Bertz CT molecular complexity index is 1420. The van der Waals surface area contributed by atoms with E-state index in [2.05, 4.69) is 20.6 Å². The number of aromatic nitrogens is 2. The molecule has 0 fully saturated rings. The maximum Gasteiger partial charge on any atom is 0.322 e. The van der Waals surface area contributed by atoms with Crippen molar-refractivity contribution >= 4 is 34.8 Å². The Morgan fingerprint density at radius 1 is 1.03 bits per heavy atom. The van der Waals surface area contributed by atoms with E-state index in [0.717, 1.165) is 39.2 Å². The molecule has 0 spiro atoms. The zero-order valence-electron chi connectivity index (χ0n) is 22.2. The van der Waals surface area contributed by atoms with Crippen LogP contribution in [-0.2, 0) is 16.1 Å². The molecule has 0 radical (unpaired) electrons. The molecule has 1 aromatic carbocycles. The van der Waals surface area contributed by atoms with Crippen LogP contribution in [0.3, 0.4) is 0 Å². The number of carboxylic acid groups (broad SMARTS) is 1. The molecule has 1 amide bonds. The van der Waals surface area contributed by atoms with Gasteiger partial charge in [0.2, 0.25) is 5.91 Å². The predicted octanol–water partition coefficient (Wildman–Crippen LogP) is 4.03. The van der Waals surface area contributed by atoms with E-state index in [1.54, 1.807) is 31.6 Å². The number of rotatable bonds is 11. The number of benzene rings is 1. The number of hydrogen-bond acceptors (Lipinski definition) is 8. The van der Waals surface area contributed by atoms with Crippen LogP contribution >= 0.6 is 0 Å². The SMILES string of the molecule is COc1cnc2c(c1)C(CC(=O)NCc1ccccn1)=C(C)C2=Cc1cc(OC)c(NCC(=O)O)c(OC)c1. The lowest BCUT2D eigenvalue weighted by molar-refractivity contribution is -0.135. The summed E-state index contributed by atoms with van der Waals surface area (Å²) in [5.74, 6) is 0.304. The Morgan fingerprint density at radius 3 is 2.38 bits per heavy atom. The number of hydrogen-bond donors (Lipinski definition) is 3. The molecule has 1 aliphatic carbocycles. The van der Waals surface area contributed by atoms with Crippen LogP contribution in [-0.4, -0.2) is 54.8 Å². The molecule has 39 heavy (non-hydrogen) atoms. The van der Waals surface area contributed by atoms with Crippen LogP contribution in [0.2, 0.25) is 0 Å². The largest absolute Gasteiger partial charge is 0.495 e. The molecule has 0 unspecified atom stereocenters. The first kappa shape index (κ1) is 27.2. The van der Waals surface area contributed by atoms with Gasteiger partial charge in [-0.2, -0.15) is 0 Å². The van der Waals surface area contributed by atoms with Gasteiger partial charge in [-0.1, -0.05) is 6.07 Å². The monoisotopic (exact) mass is 530 g/mol. The average molecular weight is 531 g/mol. The van der Waals surface area contributed by atoms with Crippen molar-refractivity contribution in [2.75, 3.05) is 33.2 Å². The summed E-state index contributed by atoms with van der Waals surface area (Å²) in [6.45, 7) is 2.00. The highest BCUT2D eigenvalue weighted by Crippen LogP contribution is 2.45. The number of allylic oxidation sites excluding steroid dienone is 2. The molecule has 0 aliphatic heterocycles. The molecule has 202 valence electrons. The Labute approximate surface area is 226 Å². The highest BCUT2D eigenvalue weighted by Gasteiger charge is 2.27. The number of pyridine rings is 2. The van der Waals surface area contributed by atoms with E-state index in [4.69, 9.17) is 19.3 Å². The molecule has 3 N–H and O–H groups in total. The van der Waals surface area contributed by atoms with Crippen LogP contribution in [0.15, 0.2) is 54.4 Å². The number of aliphatic carboxylic acids is 1. The van der Waals surface area contributed by atoms with E-state index >= 15 is 0 Å². The van der Waals surface area contributed by atoms with Crippen molar-refractivity contribution in [2.24, 2.45) is 0 Å². The highest BCUT2D eigenvalue weighted by molar-refractivity contribution is 6.07. The number of carbonyl (C=O) groups is 2. The van der Waals surface area contributed by atoms with Crippen molar-refractivity contribution in [3.63, 3.8) is 0 Å². The molecule has 2 aromatic heterocycles. The van der Waals surface area contributed by atoms with Crippen LogP contribution in [0.1, 0.15) is 35.9 Å². The standard InChI is InChI=1S/C29H30N4O6/c1-17-21(13-26(34)31-14-19-7-5-6-8-30-19)23-12-20(37-2)15-32-28(23)22(17)9-18-10-24(38-3)29(25(11-18)39-4)33-16-27(35)36/h5-12,15,33H,13-14,16H2,1-4H3,(H,31,34)(H,35,36). The number of amides is 1. The topological polar surface area (TPSA) is 132 Å². The molecule has 0 atom stereocenters. The fourth-order valence-electron chi connectivity index (χ4n) is 4.38. The maximum atomic E-state index is 12.9. The zero-order chi connectivity index (χ0) is 27.9. The fraction of sp³-hybridized carbons (Fsp3) is 0.241. The van der Waals surface area contributed by atoms with E-state index in [0.29, 0.717) is 29.5 Å². The summed E-state index contributed by atoms with van der Waals surface area (Å²) in [6, 6.07) is 11.0. The second-order valence-electron chi connectivity index (χ2n) is 8.76. The van der Waals surface area contributed by atoms with Gasteiger partial charge in [-0.25, -0.2) is 0 Å². The van der Waals surface area contributed by atoms with Crippen LogP contribution in [0.5, 0.6) is 17.2 Å². The van der Waals surface area contributed by atoms with Crippen LogP contribution in [0.4, 0.5) is 5.69 Å². The Hall–Kier alpha value is -4.86. The summed E-state index contributed by atoms with van der Waals surface area (Å²) in [5.41, 5.74) is 6.12. The molecule has 1 aliphatic rings. The number of anilines is 1. The van der Waals surface area contributed by atoms with Crippen molar-refractivity contribution in [2.45, 2.75) is 19.9 Å². The molecule has 10 nitrogen and oxygen atoms in total. The third kappa shape index (κ3) is 6.18. The summed E-state index contributed by atoms with van der Waals surface area (Å²) in [4.78, 5) is 32.9. The molecule has 0 saturated heterocycles. The van der Waals surface area contributed by atoms with Gasteiger partial charge in [0.05, 0.1) is 51.9 Å². The van der Waals surface area contributed by atoms with Gasteiger partial charge in [-0.15, -0.1) is 0 Å². The van der Waals surface area contributed by atoms with Gasteiger partial charge >= 0.3 is 5.97 Å². The molecule has 3 aromatic rings. The first-order chi connectivity index (χ1) is 18.8.